The number of hydrogen-bond donors (Lipinski definition) is 0. The lowest BCUT2D eigenvalue weighted by molar-refractivity contribution is -0.135. The highest BCUT2D eigenvalue weighted by molar-refractivity contribution is 7.12. The van der Waals surface area contributed by atoms with E-state index in [4.69, 9.17) is 9.47 Å². The van der Waals surface area contributed by atoms with Gasteiger partial charge in [-0.05, 0) is 69.7 Å². The van der Waals surface area contributed by atoms with Crippen LogP contribution >= 0.6 is 11.3 Å². The van der Waals surface area contributed by atoms with Gasteiger partial charge in [0.05, 0.1) is 14.2 Å². The molecule has 0 aliphatic carbocycles. The van der Waals surface area contributed by atoms with Crippen LogP contribution in [0.3, 0.4) is 0 Å². The van der Waals surface area contributed by atoms with Crippen molar-refractivity contribution in [2.75, 3.05) is 20.8 Å². The second-order valence-electron chi connectivity index (χ2n) is 8.21. The first-order valence-electron chi connectivity index (χ1n) is 11.0. The van der Waals surface area contributed by atoms with Crippen molar-refractivity contribution in [2.24, 2.45) is 0 Å². The number of aryl methyl sites for hydroxylation is 3. The van der Waals surface area contributed by atoms with Gasteiger partial charge in [0.1, 0.15) is 0 Å². The molecule has 0 radical (unpaired) electrons. The standard InChI is InChI=1S/C25H33NO4S/c1-17-15-21(18(2)31-17)22(27)11-13-25(28)26-14-6-5-7-20(26)10-8-19-9-12-23(29-3)24(16-19)30-4/h9,12,15-16,20H,5-8,10-11,13-14H2,1-4H3. The van der Waals surface area contributed by atoms with Crippen molar-refractivity contribution in [3.63, 3.8) is 0 Å². The molecule has 1 aliphatic heterocycles. The minimum absolute atomic E-state index is 0.0779. The summed E-state index contributed by atoms with van der Waals surface area (Å²) in [6.45, 7) is 4.78. The third kappa shape index (κ3) is 5.88. The lowest BCUT2D eigenvalue weighted by Gasteiger charge is -2.36. The second-order valence-corrected chi connectivity index (χ2v) is 9.68. The van der Waals surface area contributed by atoms with Crippen LogP contribution in [0.1, 0.15) is 64.2 Å². The summed E-state index contributed by atoms with van der Waals surface area (Å²) in [5, 5.41) is 0. The number of ether oxygens (including phenoxy) is 2. The fourth-order valence-corrected chi connectivity index (χ4v) is 5.35. The minimum Gasteiger partial charge on any atom is -0.493 e. The van der Waals surface area contributed by atoms with Crippen LogP contribution in [0, 0.1) is 13.8 Å². The number of amides is 1. The molecule has 5 nitrogen and oxygen atoms in total. The summed E-state index contributed by atoms with van der Waals surface area (Å²) in [5.41, 5.74) is 1.95. The van der Waals surface area contributed by atoms with Crippen molar-refractivity contribution >= 4 is 23.0 Å². The van der Waals surface area contributed by atoms with Crippen molar-refractivity contribution < 1.29 is 19.1 Å². The van der Waals surface area contributed by atoms with Crippen LogP contribution in [0.5, 0.6) is 11.5 Å². The summed E-state index contributed by atoms with van der Waals surface area (Å²) >= 11 is 1.64. The molecule has 1 aromatic heterocycles. The lowest BCUT2D eigenvalue weighted by Crippen LogP contribution is -2.44. The molecule has 2 aromatic rings. The van der Waals surface area contributed by atoms with E-state index in [0.29, 0.717) is 6.42 Å². The average molecular weight is 444 g/mol. The molecule has 1 aromatic carbocycles. The van der Waals surface area contributed by atoms with Gasteiger partial charge in [-0.15, -0.1) is 11.3 Å². The van der Waals surface area contributed by atoms with Crippen LogP contribution in [0.25, 0.3) is 0 Å². The van der Waals surface area contributed by atoms with E-state index in [-0.39, 0.29) is 24.2 Å². The van der Waals surface area contributed by atoms with Gasteiger partial charge in [0, 0.05) is 40.7 Å². The van der Waals surface area contributed by atoms with Crippen molar-refractivity contribution in [3.8, 4) is 11.5 Å². The summed E-state index contributed by atoms with van der Waals surface area (Å²) in [7, 11) is 3.28. The van der Waals surface area contributed by atoms with E-state index in [1.165, 1.54) is 5.56 Å². The number of benzene rings is 1. The number of likely N-dealkylation sites (tertiary alicyclic amines) is 1. The van der Waals surface area contributed by atoms with E-state index >= 15 is 0 Å². The average Bonchev–Trinajstić information content (AvgIpc) is 3.13. The number of carbonyl (C=O) groups is 2. The van der Waals surface area contributed by atoms with Crippen molar-refractivity contribution in [1.29, 1.82) is 0 Å². The van der Waals surface area contributed by atoms with Crippen molar-refractivity contribution in [2.45, 2.75) is 64.8 Å². The van der Waals surface area contributed by atoms with Gasteiger partial charge in [0.2, 0.25) is 5.91 Å². The highest BCUT2D eigenvalue weighted by Gasteiger charge is 2.27. The highest BCUT2D eigenvalue weighted by Crippen LogP contribution is 2.29. The number of Topliss-reactive ketones (excluding diaryl/α,β-unsaturated/α-hetero) is 1. The van der Waals surface area contributed by atoms with Gasteiger partial charge in [0.25, 0.3) is 0 Å². The second kappa shape index (κ2) is 10.8. The molecule has 168 valence electrons. The number of hydrogen-bond acceptors (Lipinski definition) is 5. The van der Waals surface area contributed by atoms with Gasteiger partial charge in [-0.2, -0.15) is 0 Å². The third-order valence-corrected chi connectivity index (χ3v) is 7.03. The van der Waals surface area contributed by atoms with E-state index in [9.17, 15) is 9.59 Å². The zero-order chi connectivity index (χ0) is 22.4. The summed E-state index contributed by atoms with van der Waals surface area (Å²) in [5.74, 6) is 1.64. The Hall–Kier alpha value is -2.34. The van der Waals surface area contributed by atoms with E-state index in [0.717, 1.165) is 65.5 Å². The highest BCUT2D eigenvalue weighted by atomic mass is 32.1. The number of ketones is 1. The third-order valence-electron chi connectivity index (χ3n) is 6.07. The number of thiophene rings is 1. The Balaban J connectivity index is 1.57. The van der Waals surface area contributed by atoms with Crippen LogP contribution in [0.4, 0.5) is 0 Å². The first-order valence-corrected chi connectivity index (χ1v) is 11.8. The maximum Gasteiger partial charge on any atom is 0.223 e. The molecule has 1 unspecified atom stereocenters. The van der Waals surface area contributed by atoms with E-state index in [1.54, 1.807) is 25.6 Å². The number of rotatable bonds is 9. The van der Waals surface area contributed by atoms with E-state index < -0.39 is 0 Å². The topological polar surface area (TPSA) is 55.8 Å². The van der Waals surface area contributed by atoms with Crippen LogP contribution in [0.2, 0.25) is 0 Å². The molecule has 1 aliphatic rings. The number of methoxy groups -OCH3 is 2. The van der Waals surface area contributed by atoms with Gasteiger partial charge >= 0.3 is 0 Å². The lowest BCUT2D eigenvalue weighted by atomic mass is 9.95. The monoisotopic (exact) mass is 443 g/mol. The van der Waals surface area contributed by atoms with Crippen LogP contribution in [-0.2, 0) is 11.2 Å². The Labute approximate surface area is 189 Å². The minimum atomic E-state index is 0.0779. The number of carbonyl (C=O) groups excluding carboxylic acids is 2. The molecule has 1 amide bonds. The Morgan fingerprint density at radius 2 is 1.84 bits per heavy atom. The largest absolute Gasteiger partial charge is 0.493 e. The zero-order valence-electron chi connectivity index (χ0n) is 19.0. The Morgan fingerprint density at radius 1 is 1.06 bits per heavy atom. The molecule has 3 rings (SSSR count). The molecular formula is C25H33NO4S. The summed E-state index contributed by atoms with van der Waals surface area (Å²) in [4.78, 5) is 29.8. The maximum absolute atomic E-state index is 13.0. The van der Waals surface area contributed by atoms with Crippen LogP contribution < -0.4 is 9.47 Å². The molecule has 0 saturated carbocycles. The predicted octanol–water partition coefficient (Wildman–Crippen LogP) is 5.36. The fraction of sp³-hybridized carbons (Fsp3) is 0.520. The predicted molar refractivity (Wildman–Crippen MR) is 125 cm³/mol. The Bertz CT molecular complexity index is 920. The maximum atomic E-state index is 13.0. The number of nitrogens with zero attached hydrogens (tertiary/aromatic N) is 1. The van der Waals surface area contributed by atoms with E-state index in [1.807, 2.05) is 36.9 Å². The van der Waals surface area contributed by atoms with Gasteiger partial charge < -0.3 is 14.4 Å². The molecular weight excluding hydrogens is 410 g/mol. The van der Waals surface area contributed by atoms with Crippen LogP contribution in [0.15, 0.2) is 24.3 Å². The normalized spacial score (nSPS) is 16.3. The van der Waals surface area contributed by atoms with Gasteiger partial charge in [-0.3, -0.25) is 9.59 Å². The summed E-state index contributed by atoms with van der Waals surface area (Å²) in [6, 6.07) is 8.17. The molecule has 0 spiro atoms. The van der Waals surface area contributed by atoms with Crippen molar-refractivity contribution in [1.82, 2.24) is 4.90 Å². The Kier molecular flexibility index (Phi) is 8.13. The first kappa shape index (κ1) is 23.3. The SMILES string of the molecule is COc1ccc(CCC2CCCCN2C(=O)CCC(=O)c2cc(C)sc2C)cc1OC. The summed E-state index contributed by atoms with van der Waals surface area (Å²) < 4.78 is 10.7. The molecule has 1 atom stereocenters. The van der Waals surface area contributed by atoms with E-state index in [2.05, 4.69) is 6.07 Å². The molecule has 0 bridgehead atoms. The summed E-state index contributed by atoms with van der Waals surface area (Å²) in [6.07, 6.45) is 5.58. The van der Waals surface area contributed by atoms with Gasteiger partial charge in [0.15, 0.2) is 17.3 Å². The van der Waals surface area contributed by atoms with Gasteiger partial charge in [-0.1, -0.05) is 6.07 Å². The number of piperidine rings is 1. The zero-order valence-corrected chi connectivity index (χ0v) is 19.8. The molecule has 31 heavy (non-hydrogen) atoms. The smallest absolute Gasteiger partial charge is 0.223 e. The molecule has 6 heteroatoms. The van der Waals surface area contributed by atoms with Crippen molar-refractivity contribution in [3.05, 3.63) is 45.1 Å². The molecule has 0 N–H and O–H groups in total. The first-order chi connectivity index (χ1) is 14.9. The molecule has 1 fully saturated rings. The molecule has 2 heterocycles. The quantitative estimate of drug-likeness (QED) is 0.490. The van der Waals surface area contributed by atoms with Crippen LogP contribution in [-0.4, -0.2) is 43.4 Å². The molecule has 1 saturated heterocycles. The Morgan fingerprint density at radius 3 is 2.52 bits per heavy atom. The van der Waals surface area contributed by atoms with Gasteiger partial charge in [-0.25, -0.2) is 0 Å². The fourth-order valence-electron chi connectivity index (χ4n) is 4.40.